The number of aromatic amines is 1. The molecule has 322 valence electrons. The van der Waals surface area contributed by atoms with Gasteiger partial charge in [0.1, 0.15) is 30.7 Å². The molecule has 2 amide bonds. The molecule has 3 saturated heterocycles. The molecule has 0 saturated carbocycles. The first kappa shape index (κ1) is 42.4. The van der Waals surface area contributed by atoms with Gasteiger partial charge in [0.2, 0.25) is 11.9 Å². The number of amides is 2. The molecule has 10 atom stereocenters. The van der Waals surface area contributed by atoms with Crippen LogP contribution >= 0.6 is 16.4 Å². The van der Waals surface area contributed by atoms with Gasteiger partial charge in [-0.1, -0.05) is 32.0 Å². The van der Waals surface area contributed by atoms with Crippen LogP contribution in [0, 0.1) is 17.2 Å². The van der Waals surface area contributed by atoms with E-state index in [9.17, 15) is 23.8 Å². The summed E-state index contributed by atoms with van der Waals surface area (Å²) in [5.41, 5.74) is -0.719. The normalized spacial score (nSPS) is 29.4. The molecule has 0 radical (unpaired) electrons. The van der Waals surface area contributed by atoms with E-state index < -0.39 is 109 Å². The molecular formula is C34H35F2N11O12P2. The van der Waals surface area contributed by atoms with Crippen LogP contribution in [-0.2, 0) is 41.5 Å². The second kappa shape index (κ2) is 17.6. The van der Waals surface area contributed by atoms with E-state index in [-0.39, 0.29) is 40.5 Å². The first-order valence-corrected chi connectivity index (χ1v) is 21.1. The van der Waals surface area contributed by atoms with Gasteiger partial charge in [-0.25, -0.2) is 33.3 Å². The van der Waals surface area contributed by atoms with E-state index in [0.717, 1.165) is 17.2 Å². The number of nitrogens with one attached hydrogen (secondary N) is 3. The molecule has 5 aromatic rings. The van der Waals surface area contributed by atoms with Crippen LogP contribution in [0.1, 0.15) is 43.1 Å². The molecule has 2 bridgehead atoms. The van der Waals surface area contributed by atoms with Crippen molar-refractivity contribution in [2.45, 2.75) is 69.5 Å². The van der Waals surface area contributed by atoms with Gasteiger partial charge in [0.25, 0.3) is 11.5 Å². The molecule has 0 spiro atoms. The highest BCUT2D eigenvalue weighted by molar-refractivity contribution is 7.48. The summed E-state index contributed by atoms with van der Waals surface area (Å²) < 4.78 is 89.4. The van der Waals surface area contributed by atoms with Crippen molar-refractivity contribution in [3.63, 3.8) is 0 Å². The number of carbonyl (C=O) groups excluding carboxylic acids is 2. The average molecular weight is 890 g/mol. The SMILES string of the molecule is CC(C)C(=O)Nc1nc2c(ncn2[C@@H]2O[C@@H]3COP(=O)(OCCC#N)O[C@H]4[C@H](F)[C@H](n5cnc6c(NC(=O)c7ccccc7)ncnc65)O[C@@H]4COP(O)O[C@@H]2[C@@H]3F)c(=O)[nH]1. The Labute approximate surface area is 343 Å². The lowest BCUT2D eigenvalue weighted by Gasteiger charge is -2.26. The lowest BCUT2D eigenvalue weighted by molar-refractivity contribution is -0.118. The first-order valence-electron chi connectivity index (χ1n) is 18.5. The fraction of sp³-hybridized carbons (Fsp3) is 0.441. The monoisotopic (exact) mass is 889 g/mol. The van der Waals surface area contributed by atoms with Crippen LogP contribution in [0.3, 0.4) is 0 Å². The third kappa shape index (κ3) is 8.64. The van der Waals surface area contributed by atoms with Gasteiger partial charge < -0.3 is 28.7 Å². The Hall–Kier alpha value is -5.25. The largest absolute Gasteiger partial charge is 0.475 e. The maximum absolute atomic E-state index is 16.7. The van der Waals surface area contributed by atoms with Crippen LogP contribution in [0.5, 0.6) is 0 Å². The summed E-state index contributed by atoms with van der Waals surface area (Å²) in [4.78, 5) is 72.5. The van der Waals surface area contributed by atoms with Crippen LogP contribution in [0.4, 0.5) is 20.5 Å². The minimum Gasteiger partial charge on any atom is -0.346 e. The third-order valence-electron chi connectivity index (χ3n) is 9.58. The zero-order valence-electron chi connectivity index (χ0n) is 31.8. The fourth-order valence-corrected chi connectivity index (χ4v) is 8.72. The predicted molar refractivity (Wildman–Crippen MR) is 204 cm³/mol. The maximum Gasteiger partial charge on any atom is 0.475 e. The molecule has 4 N–H and O–H groups in total. The van der Waals surface area contributed by atoms with Gasteiger partial charge in [-0.15, -0.1) is 0 Å². The summed E-state index contributed by atoms with van der Waals surface area (Å²) in [6, 6.07) is 10.1. The molecule has 3 aliphatic heterocycles. The maximum atomic E-state index is 16.7. The van der Waals surface area contributed by atoms with E-state index in [1.54, 1.807) is 44.2 Å². The standard InChI is InChI=1S/C34H35F2N11O12P2/c1-16(2)29(48)44-34-43-28-23(31(50)45-34)41-15-47(28)33-25-20(35)18(56-33)12-55-61(52,54-10-6-9-37)59-24-19(11-53-60(51)58-25)57-32(21(24)36)46-14-40-22-26(38-13-39-27(22)46)42-30(49)17-7-4-3-5-8-17/h3-5,7-8,13-16,18-21,24-25,32-33,51H,6,10-12H2,1-2H3,(H,38,39,42,49)(H2,43,44,45,48,50)/t18-,19-,20-,21+,24-,25-,32-,33-,60?,61?/m1/s1. The number of aromatic nitrogens is 8. The Balaban J connectivity index is 1.08. The van der Waals surface area contributed by atoms with E-state index in [0.29, 0.717) is 5.56 Å². The summed E-state index contributed by atoms with van der Waals surface area (Å²) in [6.45, 7) is 1.15. The van der Waals surface area contributed by atoms with Gasteiger partial charge in [-0.05, 0) is 12.1 Å². The molecule has 3 fully saturated rings. The van der Waals surface area contributed by atoms with Crippen LogP contribution < -0.4 is 16.2 Å². The highest BCUT2D eigenvalue weighted by atomic mass is 31.2. The number of benzene rings is 1. The number of hydrogen-bond acceptors (Lipinski definition) is 18. The molecule has 23 nitrogen and oxygen atoms in total. The number of hydrogen-bond donors (Lipinski definition) is 4. The summed E-state index contributed by atoms with van der Waals surface area (Å²) in [5, 5.41) is 14.3. The van der Waals surface area contributed by atoms with E-state index in [1.807, 2.05) is 6.07 Å². The van der Waals surface area contributed by atoms with Gasteiger partial charge in [-0.3, -0.25) is 47.4 Å². The molecule has 3 aliphatic rings. The van der Waals surface area contributed by atoms with Crippen LogP contribution in [0.25, 0.3) is 22.3 Å². The minimum atomic E-state index is -4.94. The number of anilines is 2. The van der Waals surface area contributed by atoms with E-state index in [2.05, 4.69) is 40.5 Å². The number of carbonyl (C=O) groups is 2. The molecule has 2 unspecified atom stereocenters. The Bertz CT molecular complexity index is 2580. The third-order valence-corrected chi connectivity index (χ3v) is 11.8. The average Bonchev–Trinajstić information content (AvgIpc) is 4.01. The summed E-state index contributed by atoms with van der Waals surface area (Å²) >= 11 is 0. The number of H-pyrrole nitrogens is 1. The van der Waals surface area contributed by atoms with E-state index in [1.165, 1.54) is 10.9 Å². The Morgan fingerprint density at radius 2 is 1.75 bits per heavy atom. The van der Waals surface area contributed by atoms with E-state index >= 15 is 8.78 Å². The number of nitriles is 1. The van der Waals surface area contributed by atoms with Crippen molar-refractivity contribution in [2.75, 3.05) is 30.5 Å². The van der Waals surface area contributed by atoms with Crippen molar-refractivity contribution in [1.82, 2.24) is 39.0 Å². The number of halogens is 2. The lowest BCUT2D eigenvalue weighted by atomic mass is 10.1. The molecule has 61 heavy (non-hydrogen) atoms. The number of imidazole rings is 2. The molecule has 7 heterocycles. The predicted octanol–water partition coefficient (Wildman–Crippen LogP) is 3.35. The lowest BCUT2D eigenvalue weighted by Crippen LogP contribution is -2.34. The summed E-state index contributed by atoms with van der Waals surface area (Å²) in [5.74, 6) is -1.68. The quantitative estimate of drug-likeness (QED) is 0.122. The molecule has 4 aromatic heterocycles. The second-order valence-electron chi connectivity index (χ2n) is 13.9. The first-order chi connectivity index (χ1) is 29.3. The number of rotatable bonds is 9. The zero-order chi connectivity index (χ0) is 43.0. The summed E-state index contributed by atoms with van der Waals surface area (Å²) in [7, 11) is -7.96. The Morgan fingerprint density at radius 3 is 2.51 bits per heavy atom. The van der Waals surface area contributed by atoms with Gasteiger partial charge in [0.15, 0.2) is 52.9 Å². The minimum absolute atomic E-state index is 0.00550. The number of phosphoric ester groups is 1. The van der Waals surface area contributed by atoms with Gasteiger partial charge in [0.05, 0.1) is 45.0 Å². The number of ether oxygens (including phenoxy) is 2. The molecule has 27 heteroatoms. The van der Waals surface area contributed by atoms with E-state index in [4.69, 9.17) is 37.4 Å². The van der Waals surface area contributed by atoms with Crippen molar-refractivity contribution in [3.8, 4) is 6.07 Å². The fourth-order valence-electron chi connectivity index (χ4n) is 6.56. The zero-order valence-corrected chi connectivity index (χ0v) is 33.6. The number of fused-ring (bicyclic) bond motifs is 5. The van der Waals surface area contributed by atoms with Gasteiger partial charge in [-0.2, -0.15) is 10.2 Å². The van der Waals surface area contributed by atoms with Crippen molar-refractivity contribution in [1.29, 1.82) is 5.26 Å². The Kier molecular flexibility index (Phi) is 12.3. The number of nitrogens with zero attached hydrogens (tertiary/aromatic N) is 8. The van der Waals surface area contributed by atoms with Crippen molar-refractivity contribution >= 4 is 62.3 Å². The molecule has 1 aromatic carbocycles. The molecule has 8 rings (SSSR count). The van der Waals surface area contributed by atoms with Crippen molar-refractivity contribution in [2.24, 2.45) is 5.92 Å². The van der Waals surface area contributed by atoms with Gasteiger partial charge in [0, 0.05) is 11.5 Å². The highest BCUT2D eigenvalue weighted by Gasteiger charge is 2.54. The van der Waals surface area contributed by atoms with Crippen LogP contribution in [0.2, 0.25) is 0 Å². The summed E-state index contributed by atoms with van der Waals surface area (Å²) in [6.07, 6.45) is -11.1. The molecule has 0 aliphatic carbocycles. The number of phosphoric acid groups is 1. The highest BCUT2D eigenvalue weighted by Crippen LogP contribution is 2.55. The Morgan fingerprint density at radius 1 is 1.02 bits per heavy atom. The molecular weight excluding hydrogens is 854 g/mol. The number of alkyl halides is 2. The van der Waals surface area contributed by atoms with Crippen molar-refractivity contribution < 1.29 is 59.9 Å². The van der Waals surface area contributed by atoms with Crippen molar-refractivity contribution in [3.05, 3.63) is 65.2 Å². The smallest absolute Gasteiger partial charge is 0.346 e. The van der Waals surface area contributed by atoms with Crippen LogP contribution in [0.15, 0.2) is 54.1 Å². The van der Waals surface area contributed by atoms with Crippen LogP contribution in [-0.4, -0.2) is 112 Å². The van der Waals surface area contributed by atoms with Gasteiger partial charge >= 0.3 is 16.4 Å². The topological polar surface area (TPSA) is 291 Å². The second-order valence-corrected chi connectivity index (χ2v) is 16.5.